The summed E-state index contributed by atoms with van der Waals surface area (Å²) in [4.78, 5) is 14.6. The summed E-state index contributed by atoms with van der Waals surface area (Å²) >= 11 is 0. The summed E-state index contributed by atoms with van der Waals surface area (Å²) in [6.07, 6.45) is 0.603. The Labute approximate surface area is 155 Å². The first-order valence-electron chi connectivity index (χ1n) is 8.95. The van der Waals surface area contributed by atoms with E-state index < -0.39 is 10.0 Å². The van der Waals surface area contributed by atoms with Gasteiger partial charge in [-0.15, -0.1) is 0 Å². The van der Waals surface area contributed by atoms with Crippen LogP contribution in [0.15, 0.2) is 29.2 Å². The number of piperidine rings is 1. The Kier molecular flexibility index (Phi) is 5.39. The van der Waals surface area contributed by atoms with E-state index in [-0.39, 0.29) is 27.8 Å². The van der Waals surface area contributed by atoms with Gasteiger partial charge in [0.15, 0.2) is 0 Å². The third-order valence-corrected chi connectivity index (χ3v) is 7.21. The van der Waals surface area contributed by atoms with Crippen molar-refractivity contribution in [3.8, 4) is 0 Å². The average molecular weight is 381 g/mol. The highest BCUT2D eigenvalue weighted by Crippen LogP contribution is 2.32. The van der Waals surface area contributed by atoms with Crippen molar-refractivity contribution in [2.75, 3.05) is 39.4 Å². The number of hydrogen-bond donors (Lipinski definition) is 1. The van der Waals surface area contributed by atoms with Crippen molar-refractivity contribution < 1.29 is 17.9 Å². The van der Waals surface area contributed by atoms with Gasteiger partial charge >= 0.3 is 0 Å². The number of carbonyl (C=O) groups is 1. The maximum atomic E-state index is 13.3. The molecule has 1 atom stereocenters. The first kappa shape index (κ1) is 19.3. The minimum atomic E-state index is -3.77. The summed E-state index contributed by atoms with van der Waals surface area (Å²) < 4.78 is 33.3. The van der Waals surface area contributed by atoms with Gasteiger partial charge in [-0.25, -0.2) is 8.42 Å². The summed E-state index contributed by atoms with van der Waals surface area (Å²) in [5.41, 5.74) is 6.05. The molecular weight excluding hydrogens is 354 g/mol. The van der Waals surface area contributed by atoms with Crippen molar-refractivity contribution >= 4 is 15.9 Å². The van der Waals surface area contributed by atoms with Crippen LogP contribution < -0.4 is 5.73 Å². The summed E-state index contributed by atoms with van der Waals surface area (Å²) in [6, 6.07) is 6.42. The SMILES string of the molecule is CC1(C)CN(S(=O)(=O)c2ccccc2C(=O)N2CCOCC2)CCC1N. The highest BCUT2D eigenvalue weighted by Gasteiger charge is 2.40. The average Bonchev–Trinajstić information content (AvgIpc) is 2.64. The molecular formula is C18H27N3O4S. The molecule has 0 radical (unpaired) electrons. The molecule has 0 saturated carbocycles. The van der Waals surface area contributed by atoms with Gasteiger partial charge in [-0.2, -0.15) is 4.31 Å². The van der Waals surface area contributed by atoms with Gasteiger partial charge in [0.1, 0.15) is 0 Å². The standard InChI is InChI=1S/C18H27N3O4S/c1-18(2)13-21(8-7-16(18)19)26(23,24)15-6-4-3-5-14(15)17(22)20-9-11-25-12-10-20/h3-6,16H,7-13,19H2,1-2H3. The molecule has 7 nitrogen and oxygen atoms in total. The van der Waals surface area contributed by atoms with Crippen LogP contribution in [0.1, 0.15) is 30.6 Å². The van der Waals surface area contributed by atoms with Crippen molar-refractivity contribution in [3.63, 3.8) is 0 Å². The third kappa shape index (κ3) is 3.64. The fraction of sp³-hybridized carbons (Fsp3) is 0.611. The van der Waals surface area contributed by atoms with E-state index in [1.165, 1.54) is 10.4 Å². The zero-order chi connectivity index (χ0) is 18.9. The van der Waals surface area contributed by atoms with Crippen LogP contribution in [0.4, 0.5) is 0 Å². The maximum absolute atomic E-state index is 13.3. The lowest BCUT2D eigenvalue weighted by Crippen LogP contribution is -2.54. The minimum Gasteiger partial charge on any atom is -0.378 e. The number of nitrogens with two attached hydrogens (primary N) is 1. The second-order valence-corrected chi connectivity index (χ2v) is 9.53. The van der Waals surface area contributed by atoms with Crippen LogP contribution >= 0.6 is 0 Å². The lowest BCUT2D eigenvalue weighted by Gasteiger charge is -2.42. The van der Waals surface area contributed by atoms with Crippen molar-refractivity contribution in [2.24, 2.45) is 11.1 Å². The number of amides is 1. The number of nitrogens with zero attached hydrogens (tertiary/aromatic N) is 2. The Bertz CT molecular complexity index is 772. The molecule has 8 heteroatoms. The Morgan fingerprint density at radius 3 is 2.50 bits per heavy atom. The smallest absolute Gasteiger partial charge is 0.255 e. The van der Waals surface area contributed by atoms with E-state index in [9.17, 15) is 13.2 Å². The molecule has 2 heterocycles. The molecule has 26 heavy (non-hydrogen) atoms. The van der Waals surface area contributed by atoms with Gasteiger partial charge in [0.2, 0.25) is 10.0 Å². The zero-order valence-corrected chi connectivity index (χ0v) is 16.2. The minimum absolute atomic E-state index is 0.0424. The normalized spacial score (nSPS) is 24.4. The molecule has 0 bridgehead atoms. The van der Waals surface area contributed by atoms with Crippen molar-refractivity contribution in [3.05, 3.63) is 29.8 Å². The van der Waals surface area contributed by atoms with E-state index in [2.05, 4.69) is 0 Å². The van der Waals surface area contributed by atoms with Crippen LogP contribution in [0.3, 0.4) is 0 Å². The number of sulfonamides is 1. The highest BCUT2D eigenvalue weighted by molar-refractivity contribution is 7.89. The molecule has 2 aliphatic heterocycles. The molecule has 3 rings (SSSR count). The molecule has 144 valence electrons. The van der Waals surface area contributed by atoms with E-state index in [0.717, 1.165) is 0 Å². The van der Waals surface area contributed by atoms with Crippen LogP contribution in [0.2, 0.25) is 0 Å². The fourth-order valence-corrected chi connectivity index (χ4v) is 5.28. The predicted molar refractivity (Wildman–Crippen MR) is 98.3 cm³/mol. The number of rotatable bonds is 3. The Morgan fingerprint density at radius 2 is 1.85 bits per heavy atom. The fourth-order valence-electron chi connectivity index (χ4n) is 3.47. The van der Waals surface area contributed by atoms with E-state index in [0.29, 0.717) is 45.8 Å². The van der Waals surface area contributed by atoms with Crippen LogP contribution in [0.5, 0.6) is 0 Å². The quantitative estimate of drug-likeness (QED) is 0.840. The molecule has 1 aromatic carbocycles. The second-order valence-electron chi connectivity index (χ2n) is 7.62. The van der Waals surface area contributed by atoms with Crippen molar-refractivity contribution in [2.45, 2.75) is 31.2 Å². The first-order chi connectivity index (χ1) is 12.2. The number of carbonyl (C=O) groups excluding carboxylic acids is 1. The zero-order valence-electron chi connectivity index (χ0n) is 15.3. The van der Waals surface area contributed by atoms with Crippen LogP contribution in [-0.2, 0) is 14.8 Å². The molecule has 2 aliphatic rings. The summed E-state index contributed by atoms with van der Waals surface area (Å²) in [5.74, 6) is -0.263. The molecule has 1 amide bonds. The summed E-state index contributed by atoms with van der Waals surface area (Å²) in [5, 5.41) is 0. The lowest BCUT2D eigenvalue weighted by molar-refractivity contribution is 0.0300. The van der Waals surface area contributed by atoms with Crippen molar-refractivity contribution in [1.82, 2.24) is 9.21 Å². The number of morpholine rings is 1. The predicted octanol–water partition coefficient (Wildman–Crippen LogP) is 0.907. The lowest BCUT2D eigenvalue weighted by atomic mass is 9.81. The molecule has 0 aromatic heterocycles. The van der Waals surface area contributed by atoms with Gasteiger partial charge in [-0.3, -0.25) is 4.79 Å². The molecule has 1 aromatic rings. The number of benzene rings is 1. The molecule has 0 aliphatic carbocycles. The highest BCUT2D eigenvalue weighted by atomic mass is 32.2. The maximum Gasteiger partial charge on any atom is 0.255 e. The second kappa shape index (κ2) is 7.26. The third-order valence-electron chi connectivity index (χ3n) is 5.31. The van der Waals surface area contributed by atoms with E-state index in [1.807, 2.05) is 13.8 Å². The van der Waals surface area contributed by atoms with E-state index >= 15 is 0 Å². The van der Waals surface area contributed by atoms with Gasteiger partial charge in [0, 0.05) is 32.2 Å². The number of hydrogen-bond acceptors (Lipinski definition) is 5. The van der Waals surface area contributed by atoms with E-state index in [1.54, 1.807) is 23.1 Å². The van der Waals surface area contributed by atoms with E-state index in [4.69, 9.17) is 10.5 Å². The van der Waals surface area contributed by atoms with Crippen LogP contribution in [0, 0.1) is 5.41 Å². The molecule has 2 saturated heterocycles. The molecule has 2 N–H and O–H groups in total. The largest absolute Gasteiger partial charge is 0.378 e. The molecule has 0 spiro atoms. The topological polar surface area (TPSA) is 92.9 Å². The first-order valence-corrected chi connectivity index (χ1v) is 10.4. The van der Waals surface area contributed by atoms with Gasteiger partial charge < -0.3 is 15.4 Å². The van der Waals surface area contributed by atoms with Crippen molar-refractivity contribution in [1.29, 1.82) is 0 Å². The molecule has 1 unspecified atom stereocenters. The van der Waals surface area contributed by atoms with Gasteiger partial charge in [0.25, 0.3) is 5.91 Å². The summed E-state index contributed by atoms with van der Waals surface area (Å²) in [7, 11) is -3.77. The Hall–Kier alpha value is -1.48. The van der Waals surface area contributed by atoms with Gasteiger partial charge in [-0.05, 0) is 24.0 Å². The van der Waals surface area contributed by atoms with Gasteiger partial charge in [0.05, 0.1) is 23.7 Å². The van der Waals surface area contributed by atoms with Crippen LogP contribution in [0.25, 0.3) is 0 Å². The summed E-state index contributed by atoms with van der Waals surface area (Å²) in [6.45, 7) is 6.55. The Morgan fingerprint density at radius 1 is 1.19 bits per heavy atom. The Balaban J connectivity index is 1.92. The molecule has 2 fully saturated rings. The van der Waals surface area contributed by atoms with Crippen LogP contribution in [-0.4, -0.2) is 69.0 Å². The monoisotopic (exact) mass is 381 g/mol. The number of ether oxygens (including phenoxy) is 1. The van der Waals surface area contributed by atoms with Gasteiger partial charge in [-0.1, -0.05) is 26.0 Å².